The molecular weight excluding hydrogens is 232 g/mol. The van der Waals surface area contributed by atoms with Gasteiger partial charge in [-0.1, -0.05) is 11.6 Å². The van der Waals surface area contributed by atoms with Crippen molar-refractivity contribution >= 4 is 23.4 Å². The summed E-state index contributed by atoms with van der Waals surface area (Å²) in [5, 5.41) is 10.4. The Hall–Kier alpha value is -1.39. The summed E-state index contributed by atoms with van der Waals surface area (Å²) in [6.45, 7) is 0. The fraction of sp³-hybridized carbons (Fsp3) is 0.273. The van der Waals surface area contributed by atoms with Crippen molar-refractivity contribution in [3.05, 3.63) is 34.3 Å². The number of aliphatic hydroxyl groups is 1. The third kappa shape index (κ3) is 1.42. The minimum atomic E-state index is -2.10. The van der Waals surface area contributed by atoms with Crippen molar-refractivity contribution in [3.8, 4) is 0 Å². The maximum absolute atomic E-state index is 11.8. The number of esters is 1. The number of Topliss-reactive ketones (excluding diaryl/α,β-unsaturated/α-hetero) is 1. The molecule has 0 heterocycles. The van der Waals surface area contributed by atoms with Gasteiger partial charge in [-0.3, -0.25) is 4.79 Å². The minimum absolute atomic E-state index is 0.0889. The van der Waals surface area contributed by atoms with Crippen LogP contribution >= 0.6 is 11.6 Å². The van der Waals surface area contributed by atoms with Crippen LogP contribution in [0.3, 0.4) is 0 Å². The van der Waals surface area contributed by atoms with Crippen LogP contribution in [0, 0.1) is 0 Å². The number of hydrogen-bond acceptors (Lipinski definition) is 4. The van der Waals surface area contributed by atoms with Gasteiger partial charge >= 0.3 is 5.97 Å². The normalized spacial score (nSPS) is 23.1. The van der Waals surface area contributed by atoms with Crippen LogP contribution in [0.1, 0.15) is 15.9 Å². The van der Waals surface area contributed by atoms with Gasteiger partial charge in [0, 0.05) is 17.0 Å². The molecule has 84 valence electrons. The largest absolute Gasteiger partial charge is 0.467 e. The van der Waals surface area contributed by atoms with Crippen LogP contribution in [0.4, 0.5) is 0 Å². The predicted octanol–water partition coefficient (Wildman–Crippen LogP) is 0.983. The summed E-state index contributed by atoms with van der Waals surface area (Å²) in [4.78, 5) is 23.2. The lowest BCUT2D eigenvalue weighted by Gasteiger charge is -2.16. The molecule has 1 aliphatic carbocycles. The maximum atomic E-state index is 11.8. The summed E-state index contributed by atoms with van der Waals surface area (Å²) in [6.07, 6.45) is -0.0889. The van der Waals surface area contributed by atoms with E-state index in [4.69, 9.17) is 11.6 Å². The number of rotatable bonds is 1. The molecule has 0 saturated heterocycles. The topological polar surface area (TPSA) is 63.6 Å². The van der Waals surface area contributed by atoms with Gasteiger partial charge in [0.05, 0.1) is 7.11 Å². The van der Waals surface area contributed by atoms with Crippen molar-refractivity contribution < 1.29 is 19.4 Å². The van der Waals surface area contributed by atoms with E-state index >= 15 is 0 Å². The highest BCUT2D eigenvalue weighted by Gasteiger charge is 2.51. The molecule has 1 aromatic carbocycles. The summed E-state index contributed by atoms with van der Waals surface area (Å²) in [6, 6.07) is 4.61. The molecule has 5 heteroatoms. The second-order valence-corrected chi connectivity index (χ2v) is 4.10. The molecule has 0 radical (unpaired) electrons. The lowest BCUT2D eigenvalue weighted by molar-refractivity contribution is -0.156. The number of fused-ring (bicyclic) bond motifs is 1. The Balaban J connectivity index is 2.48. The monoisotopic (exact) mass is 240 g/mol. The quantitative estimate of drug-likeness (QED) is 0.587. The van der Waals surface area contributed by atoms with Gasteiger partial charge in [-0.05, 0) is 23.8 Å². The average Bonchev–Trinajstić information content (AvgIpc) is 2.51. The number of hydrogen-bond donors (Lipinski definition) is 1. The molecule has 0 spiro atoms. The Kier molecular flexibility index (Phi) is 2.48. The molecule has 1 aromatic rings. The average molecular weight is 241 g/mol. The first-order valence-electron chi connectivity index (χ1n) is 4.63. The first kappa shape index (κ1) is 11.1. The van der Waals surface area contributed by atoms with Crippen LogP contribution in [0.5, 0.6) is 0 Å². The van der Waals surface area contributed by atoms with Crippen LogP contribution in [-0.2, 0) is 16.0 Å². The molecule has 0 amide bonds. The molecular formula is C11H9ClO4. The third-order valence-electron chi connectivity index (χ3n) is 2.66. The fourth-order valence-corrected chi connectivity index (χ4v) is 2.04. The Labute approximate surface area is 96.8 Å². The zero-order valence-electron chi connectivity index (χ0n) is 8.49. The lowest BCUT2D eigenvalue weighted by Crippen LogP contribution is -2.45. The van der Waals surface area contributed by atoms with Gasteiger partial charge in [0.25, 0.3) is 0 Å². The fourth-order valence-electron chi connectivity index (χ4n) is 1.84. The molecule has 1 atom stereocenters. The number of benzene rings is 1. The van der Waals surface area contributed by atoms with E-state index in [9.17, 15) is 14.7 Å². The molecule has 1 N–H and O–H groups in total. The number of ketones is 1. The standard InChI is InChI=1S/C11H9ClO4/c1-16-10(14)11(15)5-6-4-7(12)2-3-8(6)9(11)13/h2-4,15H,5H2,1H3/t11-/m1/s1. The van der Waals surface area contributed by atoms with Crippen molar-refractivity contribution in [2.24, 2.45) is 0 Å². The maximum Gasteiger partial charge on any atom is 0.346 e. The zero-order chi connectivity index (χ0) is 11.9. The van der Waals surface area contributed by atoms with E-state index in [0.717, 1.165) is 7.11 Å². The first-order valence-corrected chi connectivity index (χ1v) is 5.01. The lowest BCUT2D eigenvalue weighted by atomic mass is 10.00. The van der Waals surface area contributed by atoms with E-state index in [-0.39, 0.29) is 6.42 Å². The molecule has 0 fully saturated rings. The second-order valence-electron chi connectivity index (χ2n) is 3.66. The molecule has 4 nitrogen and oxygen atoms in total. The van der Waals surface area contributed by atoms with Crippen LogP contribution in [0.15, 0.2) is 18.2 Å². The number of halogens is 1. The van der Waals surface area contributed by atoms with Gasteiger partial charge in [0.1, 0.15) is 0 Å². The summed E-state index contributed by atoms with van der Waals surface area (Å²) in [7, 11) is 1.13. The van der Waals surface area contributed by atoms with Crippen molar-refractivity contribution in [1.29, 1.82) is 0 Å². The van der Waals surface area contributed by atoms with Gasteiger partial charge in [-0.25, -0.2) is 4.79 Å². The molecule has 2 rings (SSSR count). The van der Waals surface area contributed by atoms with Gasteiger partial charge in [-0.15, -0.1) is 0 Å². The number of methoxy groups -OCH3 is 1. The number of carbonyl (C=O) groups excluding carboxylic acids is 2. The SMILES string of the molecule is COC(=O)[C@@]1(O)Cc2cc(Cl)ccc2C1=O. The predicted molar refractivity (Wildman–Crippen MR) is 56.5 cm³/mol. The van der Waals surface area contributed by atoms with Crippen molar-refractivity contribution in [2.45, 2.75) is 12.0 Å². The molecule has 1 aliphatic rings. The summed E-state index contributed by atoms with van der Waals surface area (Å²) < 4.78 is 4.43. The van der Waals surface area contributed by atoms with E-state index in [1.54, 1.807) is 12.1 Å². The minimum Gasteiger partial charge on any atom is -0.467 e. The molecule has 0 unspecified atom stereocenters. The smallest absolute Gasteiger partial charge is 0.346 e. The Morgan fingerprint density at radius 1 is 1.56 bits per heavy atom. The Bertz CT molecular complexity index is 483. The van der Waals surface area contributed by atoms with Crippen molar-refractivity contribution in [3.63, 3.8) is 0 Å². The number of carbonyl (C=O) groups is 2. The summed E-state index contributed by atoms with van der Waals surface area (Å²) >= 11 is 5.77. The van der Waals surface area contributed by atoms with Gasteiger partial charge in [0.15, 0.2) is 0 Å². The Morgan fingerprint density at radius 2 is 2.25 bits per heavy atom. The highest BCUT2D eigenvalue weighted by atomic mass is 35.5. The van der Waals surface area contributed by atoms with E-state index in [1.165, 1.54) is 6.07 Å². The second kappa shape index (κ2) is 3.57. The highest BCUT2D eigenvalue weighted by molar-refractivity contribution is 6.31. The van der Waals surface area contributed by atoms with Crippen LogP contribution < -0.4 is 0 Å². The summed E-state index contributed by atoms with van der Waals surface area (Å²) in [5.74, 6) is -1.57. The van der Waals surface area contributed by atoms with Gasteiger partial charge in [0.2, 0.25) is 11.4 Å². The summed E-state index contributed by atoms with van der Waals surface area (Å²) in [5.41, 5.74) is -1.22. The molecule has 0 aromatic heterocycles. The van der Waals surface area contributed by atoms with Crippen LogP contribution in [0.2, 0.25) is 5.02 Å². The van der Waals surface area contributed by atoms with Crippen molar-refractivity contribution in [1.82, 2.24) is 0 Å². The first-order chi connectivity index (χ1) is 7.49. The van der Waals surface area contributed by atoms with Gasteiger partial charge < -0.3 is 9.84 Å². The van der Waals surface area contributed by atoms with E-state index < -0.39 is 17.4 Å². The Morgan fingerprint density at radius 3 is 2.88 bits per heavy atom. The molecule has 16 heavy (non-hydrogen) atoms. The van der Waals surface area contributed by atoms with E-state index in [2.05, 4.69) is 4.74 Å². The van der Waals surface area contributed by atoms with Gasteiger partial charge in [-0.2, -0.15) is 0 Å². The third-order valence-corrected chi connectivity index (χ3v) is 2.89. The molecule has 0 saturated carbocycles. The number of ether oxygens (including phenoxy) is 1. The molecule has 0 aliphatic heterocycles. The van der Waals surface area contributed by atoms with Crippen LogP contribution in [-0.4, -0.2) is 29.6 Å². The van der Waals surface area contributed by atoms with Crippen LogP contribution in [0.25, 0.3) is 0 Å². The van der Waals surface area contributed by atoms with E-state index in [0.29, 0.717) is 16.1 Å². The molecule has 0 bridgehead atoms. The highest BCUT2D eigenvalue weighted by Crippen LogP contribution is 2.32. The zero-order valence-corrected chi connectivity index (χ0v) is 9.25. The van der Waals surface area contributed by atoms with E-state index in [1.807, 2.05) is 0 Å². The van der Waals surface area contributed by atoms with Crippen molar-refractivity contribution in [2.75, 3.05) is 7.11 Å².